The molecule has 0 aromatic rings. The van der Waals surface area contributed by atoms with Gasteiger partial charge in [-0.05, 0) is 19.9 Å². The van der Waals surface area contributed by atoms with E-state index in [1.165, 1.54) is 12.8 Å². The molecule has 1 fully saturated rings. The third-order valence-electron chi connectivity index (χ3n) is 2.17. The highest BCUT2D eigenvalue weighted by atomic mass is 16.6. The van der Waals surface area contributed by atoms with Crippen molar-refractivity contribution in [3.05, 3.63) is 0 Å². The molecule has 0 amide bonds. The maximum Gasteiger partial charge on any atom is 0.104 e. The van der Waals surface area contributed by atoms with E-state index in [-0.39, 0.29) is 0 Å². The summed E-state index contributed by atoms with van der Waals surface area (Å²) >= 11 is 0. The number of nitrogens with one attached hydrogen (secondary N) is 1. The van der Waals surface area contributed by atoms with Gasteiger partial charge in [0.25, 0.3) is 0 Å². The Labute approximate surface area is 80.8 Å². The third kappa shape index (κ3) is 4.60. The lowest BCUT2D eigenvalue weighted by molar-refractivity contribution is -0.149. The molecule has 1 rings (SSSR count). The summed E-state index contributed by atoms with van der Waals surface area (Å²) in [4.78, 5) is 0. The molecule has 0 radical (unpaired) electrons. The monoisotopic (exact) mass is 187 g/mol. The van der Waals surface area contributed by atoms with Crippen LogP contribution in [-0.2, 0) is 9.47 Å². The van der Waals surface area contributed by atoms with E-state index in [1.54, 1.807) is 0 Å². The lowest BCUT2D eigenvalue weighted by Crippen LogP contribution is -2.41. The Balaban J connectivity index is 1.87. The van der Waals surface area contributed by atoms with Gasteiger partial charge >= 0.3 is 0 Å². The molecule has 0 bridgehead atoms. The van der Waals surface area contributed by atoms with Crippen LogP contribution in [0.5, 0.6) is 0 Å². The lowest BCUT2D eigenvalue weighted by Gasteiger charge is -2.29. The minimum atomic E-state index is 0.311. The highest BCUT2D eigenvalue weighted by molar-refractivity contribution is 4.67. The zero-order chi connectivity index (χ0) is 9.52. The Kier molecular flexibility index (Phi) is 5.35. The van der Waals surface area contributed by atoms with Crippen molar-refractivity contribution in [2.75, 3.05) is 26.3 Å². The molecule has 1 atom stereocenters. The predicted octanol–water partition coefficient (Wildman–Crippen LogP) is 1.18. The van der Waals surface area contributed by atoms with Gasteiger partial charge in [-0.2, -0.15) is 0 Å². The summed E-state index contributed by atoms with van der Waals surface area (Å²) < 4.78 is 10.7. The molecule has 0 saturated carbocycles. The van der Waals surface area contributed by atoms with E-state index < -0.39 is 0 Å². The van der Waals surface area contributed by atoms with Gasteiger partial charge in [0.2, 0.25) is 0 Å². The van der Waals surface area contributed by atoms with Crippen molar-refractivity contribution < 1.29 is 9.47 Å². The first-order chi connectivity index (χ1) is 6.33. The Morgan fingerprint density at radius 2 is 2.31 bits per heavy atom. The summed E-state index contributed by atoms with van der Waals surface area (Å²) in [5.74, 6) is 0. The molecule has 3 nitrogen and oxygen atoms in total. The molecule has 13 heavy (non-hydrogen) atoms. The van der Waals surface area contributed by atoms with Crippen molar-refractivity contribution in [1.82, 2.24) is 5.32 Å². The summed E-state index contributed by atoms with van der Waals surface area (Å²) in [5.41, 5.74) is 0. The standard InChI is InChI=1S/C10H21NO2/c1-3-4-5-11-6-9(2)13-10-7-12-8-10/h9-11H,3-8H2,1-2H3. The molecule has 1 aliphatic heterocycles. The van der Waals surface area contributed by atoms with Gasteiger partial charge in [-0.1, -0.05) is 13.3 Å². The molecule has 0 aliphatic carbocycles. The van der Waals surface area contributed by atoms with Crippen molar-refractivity contribution in [2.45, 2.75) is 38.9 Å². The molecular formula is C10H21NO2. The fourth-order valence-electron chi connectivity index (χ4n) is 1.28. The Bertz CT molecular complexity index is 126. The minimum absolute atomic E-state index is 0.311. The molecule has 1 unspecified atom stereocenters. The maximum atomic E-state index is 5.68. The number of unbranched alkanes of at least 4 members (excludes halogenated alkanes) is 1. The Morgan fingerprint density at radius 3 is 2.85 bits per heavy atom. The van der Waals surface area contributed by atoms with Crippen LogP contribution >= 0.6 is 0 Å². The van der Waals surface area contributed by atoms with E-state index in [2.05, 4.69) is 19.2 Å². The second kappa shape index (κ2) is 6.35. The summed E-state index contributed by atoms with van der Waals surface area (Å²) in [7, 11) is 0. The van der Waals surface area contributed by atoms with Gasteiger partial charge < -0.3 is 14.8 Å². The van der Waals surface area contributed by atoms with Gasteiger partial charge in [-0.15, -0.1) is 0 Å². The van der Waals surface area contributed by atoms with Gasteiger partial charge in [0.1, 0.15) is 6.10 Å². The first-order valence-corrected chi connectivity index (χ1v) is 5.27. The van der Waals surface area contributed by atoms with Crippen LogP contribution in [0.4, 0.5) is 0 Å². The molecule has 0 spiro atoms. The van der Waals surface area contributed by atoms with E-state index in [0.717, 1.165) is 26.3 Å². The minimum Gasteiger partial charge on any atom is -0.376 e. The smallest absolute Gasteiger partial charge is 0.104 e. The first-order valence-electron chi connectivity index (χ1n) is 5.27. The van der Waals surface area contributed by atoms with E-state index in [9.17, 15) is 0 Å². The van der Waals surface area contributed by atoms with Crippen LogP contribution in [0.2, 0.25) is 0 Å². The Hall–Kier alpha value is -0.120. The SMILES string of the molecule is CCCCNCC(C)OC1COC1. The largest absolute Gasteiger partial charge is 0.376 e. The molecule has 1 saturated heterocycles. The normalized spacial score (nSPS) is 19.8. The average Bonchev–Trinajstić information content (AvgIpc) is 2.06. The molecule has 1 heterocycles. The lowest BCUT2D eigenvalue weighted by atomic mass is 10.3. The molecule has 78 valence electrons. The van der Waals surface area contributed by atoms with E-state index >= 15 is 0 Å². The van der Waals surface area contributed by atoms with Gasteiger partial charge in [0.05, 0.1) is 19.3 Å². The van der Waals surface area contributed by atoms with Crippen LogP contribution in [0.15, 0.2) is 0 Å². The fourth-order valence-corrected chi connectivity index (χ4v) is 1.28. The second-order valence-corrected chi connectivity index (χ2v) is 3.66. The molecule has 1 aliphatic rings. The van der Waals surface area contributed by atoms with Crippen LogP contribution in [-0.4, -0.2) is 38.5 Å². The van der Waals surface area contributed by atoms with Crippen LogP contribution < -0.4 is 5.32 Å². The predicted molar refractivity (Wildman–Crippen MR) is 52.9 cm³/mol. The first kappa shape index (κ1) is 11.0. The van der Waals surface area contributed by atoms with Crippen molar-refractivity contribution in [3.63, 3.8) is 0 Å². The van der Waals surface area contributed by atoms with E-state index in [1.807, 2.05) is 0 Å². The topological polar surface area (TPSA) is 30.5 Å². The highest BCUT2D eigenvalue weighted by Gasteiger charge is 2.20. The molecular weight excluding hydrogens is 166 g/mol. The summed E-state index contributed by atoms with van der Waals surface area (Å²) in [5, 5.41) is 3.37. The van der Waals surface area contributed by atoms with Crippen LogP contribution in [0.1, 0.15) is 26.7 Å². The van der Waals surface area contributed by atoms with Crippen molar-refractivity contribution in [2.24, 2.45) is 0 Å². The second-order valence-electron chi connectivity index (χ2n) is 3.66. The van der Waals surface area contributed by atoms with Gasteiger partial charge in [-0.25, -0.2) is 0 Å². The van der Waals surface area contributed by atoms with Crippen LogP contribution in [0, 0.1) is 0 Å². The molecule has 3 heteroatoms. The third-order valence-corrected chi connectivity index (χ3v) is 2.17. The zero-order valence-electron chi connectivity index (χ0n) is 8.71. The van der Waals surface area contributed by atoms with Gasteiger partial charge in [0.15, 0.2) is 0 Å². The summed E-state index contributed by atoms with van der Waals surface area (Å²) in [6.07, 6.45) is 3.16. The summed E-state index contributed by atoms with van der Waals surface area (Å²) in [6.45, 7) is 7.92. The number of rotatable bonds is 7. The molecule has 0 aromatic carbocycles. The van der Waals surface area contributed by atoms with E-state index in [0.29, 0.717) is 12.2 Å². The molecule has 0 aromatic heterocycles. The van der Waals surface area contributed by atoms with Crippen molar-refractivity contribution in [3.8, 4) is 0 Å². The quantitative estimate of drug-likeness (QED) is 0.607. The average molecular weight is 187 g/mol. The number of ether oxygens (including phenoxy) is 2. The van der Waals surface area contributed by atoms with E-state index in [4.69, 9.17) is 9.47 Å². The zero-order valence-corrected chi connectivity index (χ0v) is 8.71. The Morgan fingerprint density at radius 1 is 1.54 bits per heavy atom. The van der Waals surface area contributed by atoms with Crippen LogP contribution in [0.3, 0.4) is 0 Å². The maximum absolute atomic E-state index is 5.68. The van der Waals surface area contributed by atoms with Gasteiger partial charge in [-0.3, -0.25) is 0 Å². The fraction of sp³-hybridized carbons (Fsp3) is 1.00. The number of hydrogen-bond donors (Lipinski definition) is 1. The number of hydrogen-bond acceptors (Lipinski definition) is 3. The van der Waals surface area contributed by atoms with Crippen LogP contribution in [0.25, 0.3) is 0 Å². The van der Waals surface area contributed by atoms with Crippen molar-refractivity contribution >= 4 is 0 Å². The summed E-state index contributed by atoms with van der Waals surface area (Å²) in [6, 6.07) is 0. The van der Waals surface area contributed by atoms with Gasteiger partial charge in [0, 0.05) is 6.54 Å². The molecule has 1 N–H and O–H groups in total. The van der Waals surface area contributed by atoms with Crippen molar-refractivity contribution in [1.29, 1.82) is 0 Å². The highest BCUT2D eigenvalue weighted by Crippen LogP contribution is 2.07.